The third-order valence-corrected chi connectivity index (χ3v) is 3.80. The molecule has 0 radical (unpaired) electrons. The summed E-state index contributed by atoms with van der Waals surface area (Å²) < 4.78 is 7.39. The van der Waals surface area contributed by atoms with Gasteiger partial charge < -0.3 is 10.1 Å². The van der Waals surface area contributed by atoms with Gasteiger partial charge in [0.25, 0.3) is 0 Å². The van der Waals surface area contributed by atoms with E-state index >= 15 is 0 Å². The molecule has 0 amide bonds. The minimum atomic E-state index is -0.388. The van der Waals surface area contributed by atoms with Crippen molar-refractivity contribution in [2.24, 2.45) is 5.92 Å². The summed E-state index contributed by atoms with van der Waals surface area (Å²) in [6.45, 7) is 8.71. The van der Waals surface area contributed by atoms with Gasteiger partial charge in [-0.2, -0.15) is 5.10 Å². The van der Waals surface area contributed by atoms with E-state index in [1.807, 2.05) is 37.8 Å². The summed E-state index contributed by atoms with van der Waals surface area (Å²) >= 11 is 0. The lowest BCUT2D eigenvalue weighted by atomic mass is 9.86. The number of anilines is 1. The van der Waals surface area contributed by atoms with Gasteiger partial charge in [0, 0.05) is 18.8 Å². The van der Waals surface area contributed by atoms with Crippen LogP contribution in [0.15, 0.2) is 12.4 Å². The minimum Gasteiger partial charge on any atom is -0.460 e. The van der Waals surface area contributed by atoms with Gasteiger partial charge in [0.05, 0.1) is 17.8 Å². The molecule has 1 aliphatic rings. The third-order valence-electron chi connectivity index (χ3n) is 3.80. The largest absolute Gasteiger partial charge is 0.460 e. The van der Waals surface area contributed by atoms with Gasteiger partial charge >= 0.3 is 5.97 Å². The van der Waals surface area contributed by atoms with E-state index in [0.717, 1.165) is 37.9 Å². The van der Waals surface area contributed by atoms with Crippen molar-refractivity contribution in [3.05, 3.63) is 12.4 Å². The molecule has 1 aromatic heterocycles. The predicted molar refractivity (Wildman–Crippen MR) is 83.1 cm³/mol. The Balaban J connectivity index is 1.79. The summed E-state index contributed by atoms with van der Waals surface area (Å²) in [5.41, 5.74) is 0.679. The SMILES string of the molecule is CCn1cc(NC2CCC(C(=O)OC(C)(C)C)CC2)cn1. The number of nitrogens with zero attached hydrogens (tertiary/aromatic N) is 2. The molecule has 0 bridgehead atoms. The normalized spacial score (nSPS) is 22.9. The van der Waals surface area contributed by atoms with Crippen molar-refractivity contribution in [1.29, 1.82) is 0 Å². The maximum Gasteiger partial charge on any atom is 0.309 e. The van der Waals surface area contributed by atoms with Crippen LogP contribution in [0.2, 0.25) is 0 Å². The van der Waals surface area contributed by atoms with Crippen molar-refractivity contribution in [2.75, 3.05) is 5.32 Å². The summed E-state index contributed by atoms with van der Waals surface area (Å²) in [5.74, 6) is 0.0143. The molecule has 0 atom stereocenters. The molecule has 0 aromatic carbocycles. The van der Waals surface area contributed by atoms with Crippen LogP contribution in [0, 0.1) is 5.92 Å². The van der Waals surface area contributed by atoms with Crippen molar-refractivity contribution in [3.63, 3.8) is 0 Å². The lowest BCUT2D eigenvalue weighted by Gasteiger charge is -2.30. The Hall–Kier alpha value is -1.52. The third kappa shape index (κ3) is 4.76. The van der Waals surface area contributed by atoms with E-state index in [0.29, 0.717) is 6.04 Å². The zero-order chi connectivity index (χ0) is 15.5. The first kappa shape index (κ1) is 15.9. The molecule has 118 valence electrons. The molecule has 0 unspecified atom stereocenters. The van der Waals surface area contributed by atoms with Crippen LogP contribution in [0.5, 0.6) is 0 Å². The highest BCUT2D eigenvalue weighted by Gasteiger charge is 2.29. The van der Waals surface area contributed by atoms with Crippen LogP contribution in [0.1, 0.15) is 53.4 Å². The molecule has 1 saturated carbocycles. The first-order chi connectivity index (χ1) is 9.87. The second kappa shape index (κ2) is 6.50. The van der Waals surface area contributed by atoms with Gasteiger partial charge in [0.15, 0.2) is 0 Å². The summed E-state index contributed by atoms with van der Waals surface area (Å²) in [6, 6.07) is 0.429. The predicted octanol–water partition coefficient (Wildman–Crippen LogP) is 3.22. The summed E-state index contributed by atoms with van der Waals surface area (Å²) in [7, 11) is 0. The number of rotatable bonds is 4. The van der Waals surface area contributed by atoms with Gasteiger partial charge in [-0.25, -0.2) is 0 Å². The Bertz CT molecular complexity index is 468. The highest BCUT2D eigenvalue weighted by molar-refractivity contribution is 5.73. The number of aromatic nitrogens is 2. The number of ether oxygens (including phenoxy) is 1. The molecule has 5 heteroatoms. The van der Waals surface area contributed by atoms with E-state index < -0.39 is 0 Å². The molecule has 1 aliphatic carbocycles. The molecular formula is C16H27N3O2. The molecule has 21 heavy (non-hydrogen) atoms. The van der Waals surface area contributed by atoms with Crippen molar-refractivity contribution in [3.8, 4) is 0 Å². The van der Waals surface area contributed by atoms with Crippen molar-refractivity contribution in [2.45, 2.75) is 71.6 Å². The Labute approximate surface area is 127 Å². The van der Waals surface area contributed by atoms with Crippen LogP contribution in [-0.4, -0.2) is 27.4 Å². The summed E-state index contributed by atoms with van der Waals surface area (Å²) in [5, 5.41) is 7.77. The molecule has 0 aliphatic heterocycles. The van der Waals surface area contributed by atoms with Crippen LogP contribution < -0.4 is 5.32 Å². The number of aryl methyl sites for hydroxylation is 1. The highest BCUT2D eigenvalue weighted by atomic mass is 16.6. The van der Waals surface area contributed by atoms with E-state index in [2.05, 4.69) is 17.3 Å². The fourth-order valence-corrected chi connectivity index (χ4v) is 2.71. The average Bonchev–Trinajstić information content (AvgIpc) is 2.85. The maximum atomic E-state index is 12.1. The number of esters is 1. The average molecular weight is 293 g/mol. The van der Waals surface area contributed by atoms with Crippen LogP contribution in [0.4, 0.5) is 5.69 Å². The van der Waals surface area contributed by atoms with Gasteiger partial charge in [-0.3, -0.25) is 9.48 Å². The minimum absolute atomic E-state index is 0.0419. The molecule has 1 fully saturated rings. The van der Waals surface area contributed by atoms with Gasteiger partial charge in [0.1, 0.15) is 5.60 Å². The number of hydrogen-bond acceptors (Lipinski definition) is 4. The van der Waals surface area contributed by atoms with E-state index in [1.165, 1.54) is 0 Å². The second-order valence-corrected chi connectivity index (χ2v) is 6.81. The highest BCUT2D eigenvalue weighted by Crippen LogP contribution is 2.28. The molecule has 1 heterocycles. The van der Waals surface area contributed by atoms with Gasteiger partial charge in [0.2, 0.25) is 0 Å². The lowest BCUT2D eigenvalue weighted by Crippen LogP contribution is -2.33. The Morgan fingerprint density at radius 2 is 2.05 bits per heavy atom. The monoisotopic (exact) mass is 293 g/mol. The van der Waals surface area contributed by atoms with E-state index in [1.54, 1.807) is 0 Å². The molecule has 5 nitrogen and oxygen atoms in total. The molecule has 0 saturated heterocycles. The number of carbonyl (C=O) groups excluding carboxylic acids is 1. The van der Waals surface area contributed by atoms with E-state index in [-0.39, 0.29) is 17.5 Å². The van der Waals surface area contributed by atoms with Crippen LogP contribution in [0.25, 0.3) is 0 Å². The first-order valence-corrected chi connectivity index (χ1v) is 7.89. The Kier molecular flexibility index (Phi) is 4.91. The van der Waals surface area contributed by atoms with Crippen LogP contribution >= 0.6 is 0 Å². The topological polar surface area (TPSA) is 56.2 Å². The van der Waals surface area contributed by atoms with Gasteiger partial charge in [-0.15, -0.1) is 0 Å². The zero-order valence-corrected chi connectivity index (χ0v) is 13.6. The lowest BCUT2D eigenvalue weighted by molar-refractivity contribution is -0.161. The first-order valence-electron chi connectivity index (χ1n) is 7.89. The van der Waals surface area contributed by atoms with E-state index in [9.17, 15) is 4.79 Å². The summed E-state index contributed by atoms with van der Waals surface area (Å²) in [6.07, 6.45) is 7.69. The second-order valence-electron chi connectivity index (χ2n) is 6.81. The fraction of sp³-hybridized carbons (Fsp3) is 0.750. The maximum absolute atomic E-state index is 12.1. The molecule has 1 aromatic rings. The van der Waals surface area contributed by atoms with Crippen molar-refractivity contribution in [1.82, 2.24) is 9.78 Å². The van der Waals surface area contributed by atoms with Crippen LogP contribution in [0.3, 0.4) is 0 Å². The molecule has 1 N–H and O–H groups in total. The van der Waals surface area contributed by atoms with Gasteiger partial charge in [-0.05, 0) is 53.4 Å². The smallest absolute Gasteiger partial charge is 0.309 e. The Morgan fingerprint density at radius 3 is 2.57 bits per heavy atom. The molecule has 0 spiro atoms. The molecule has 2 rings (SSSR count). The standard InChI is InChI=1S/C16H27N3O2/c1-5-19-11-14(10-17-19)18-13-8-6-12(7-9-13)15(20)21-16(2,3)4/h10-13,18H,5-9H2,1-4H3. The van der Waals surface area contributed by atoms with Gasteiger partial charge in [-0.1, -0.05) is 0 Å². The quantitative estimate of drug-likeness (QED) is 0.866. The Morgan fingerprint density at radius 1 is 1.38 bits per heavy atom. The molecular weight excluding hydrogens is 266 g/mol. The summed E-state index contributed by atoms with van der Waals surface area (Å²) in [4.78, 5) is 12.1. The number of carbonyl (C=O) groups is 1. The fourth-order valence-electron chi connectivity index (χ4n) is 2.71. The zero-order valence-electron chi connectivity index (χ0n) is 13.6. The van der Waals surface area contributed by atoms with Crippen molar-refractivity contribution < 1.29 is 9.53 Å². The number of nitrogens with one attached hydrogen (secondary N) is 1. The number of hydrogen-bond donors (Lipinski definition) is 1. The van der Waals surface area contributed by atoms with Crippen LogP contribution in [-0.2, 0) is 16.1 Å². The van der Waals surface area contributed by atoms with E-state index in [4.69, 9.17) is 4.74 Å². The van der Waals surface area contributed by atoms with Crippen molar-refractivity contribution >= 4 is 11.7 Å².